The zero-order valence-electron chi connectivity index (χ0n) is 10.5. The van der Waals surface area contributed by atoms with E-state index >= 15 is 0 Å². The van der Waals surface area contributed by atoms with E-state index in [-0.39, 0.29) is 11.4 Å². The van der Waals surface area contributed by atoms with Crippen LogP contribution in [0.2, 0.25) is 0 Å². The number of ketones is 1. The Bertz CT molecular complexity index is 783. The first-order valence-corrected chi connectivity index (χ1v) is 7.62. The highest BCUT2D eigenvalue weighted by molar-refractivity contribution is 9.10. The van der Waals surface area contributed by atoms with Gasteiger partial charge in [0.2, 0.25) is 0 Å². The smallest absolute Gasteiger partial charge is 0.346 e. The minimum Gasteiger partial charge on any atom is -0.477 e. The van der Waals surface area contributed by atoms with E-state index in [1.165, 1.54) is 4.90 Å². The Labute approximate surface area is 131 Å². The molecule has 2 heterocycles. The van der Waals surface area contributed by atoms with Crippen LogP contribution in [0.25, 0.3) is 0 Å². The molecule has 1 aromatic carbocycles. The van der Waals surface area contributed by atoms with Crippen molar-refractivity contribution in [1.82, 2.24) is 0 Å². The predicted octanol–water partition coefficient (Wildman–Crippen LogP) is 2.94. The summed E-state index contributed by atoms with van der Waals surface area (Å²) >= 11 is 4.43. The van der Waals surface area contributed by atoms with Gasteiger partial charge in [-0.1, -0.05) is 6.07 Å². The second-order valence-corrected chi connectivity index (χ2v) is 6.21. The number of hydrogen-bond donors (Lipinski definition) is 1. The van der Waals surface area contributed by atoms with Crippen molar-refractivity contribution >= 4 is 50.6 Å². The summed E-state index contributed by atoms with van der Waals surface area (Å²) in [6, 6.07) is 6.67. The fraction of sp³-hybridized carbons (Fsp3) is 0.0714. The number of carbonyl (C=O) groups excluding carboxylic acids is 2. The maximum absolute atomic E-state index is 12.1. The van der Waals surface area contributed by atoms with E-state index in [0.717, 1.165) is 11.3 Å². The molecule has 21 heavy (non-hydrogen) atoms. The van der Waals surface area contributed by atoms with Gasteiger partial charge in [0.1, 0.15) is 4.88 Å². The van der Waals surface area contributed by atoms with Crippen molar-refractivity contribution < 1.29 is 19.5 Å². The summed E-state index contributed by atoms with van der Waals surface area (Å²) in [6.45, 7) is 0.0608. The van der Waals surface area contributed by atoms with Crippen molar-refractivity contribution in [2.45, 2.75) is 6.54 Å². The summed E-state index contributed by atoms with van der Waals surface area (Å²) in [7, 11) is 0. The van der Waals surface area contributed by atoms with Crippen LogP contribution in [0.5, 0.6) is 0 Å². The molecule has 1 aliphatic rings. The van der Waals surface area contributed by atoms with E-state index in [1.807, 2.05) is 0 Å². The molecule has 0 saturated heterocycles. The van der Waals surface area contributed by atoms with Crippen LogP contribution in [0.15, 0.2) is 34.1 Å². The molecule has 5 nitrogen and oxygen atoms in total. The number of hydrogen-bond acceptors (Lipinski definition) is 4. The molecule has 2 aromatic rings. The molecule has 0 radical (unpaired) electrons. The van der Waals surface area contributed by atoms with Gasteiger partial charge < -0.3 is 5.11 Å². The molecule has 0 saturated carbocycles. The SMILES string of the molecule is O=C1C(=O)N(Cc2ccsc2C(=O)O)c2c(Br)cccc21. The number of carbonyl (C=O) groups is 3. The highest BCUT2D eigenvalue weighted by Gasteiger charge is 2.37. The van der Waals surface area contributed by atoms with Crippen molar-refractivity contribution in [3.05, 3.63) is 50.1 Å². The molecule has 3 rings (SSSR count). The van der Waals surface area contributed by atoms with Gasteiger partial charge in [0.15, 0.2) is 0 Å². The lowest BCUT2D eigenvalue weighted by atomic mass is 10.1. The first-order chi connectivity index (χ1) is 10.0. The fourth-order valence-electron chi connectivity index (χ4n) is 2.28. The standard InChI is InChI=1S/C14H8BrNO4S/c15-9-3-1-2-8-10(9)16(13(18)11(8)17)6-7-4-5-21-12(7)14(19)20/h1-5H,6H2,(H,19,20). The molecular formula is C14H8BrNO4S. The highest BCUT2D eigenvalue weighted by atomic mass is 79.9. The monoisotopic (exact) mass is 365 g/mol. The Balaban J connectivity index is 2.05. The lowest BCUT2D eigenvalue weighted by molar-refractivity contribution is -0.114. The van der Waals surface area contributed by atoms with Crippen LogP contribution in [0.4, 0.5) is 5.69 Å². The molecule has 1 aliphatic heterocycles. The second kappa shape index (κ2) is 5.09. The summed E-state index contributed by atoms with van der Waals surface area (Å²) < 4.78 is 0.631. The number of anilines is 1. The number of halogens is 1. The zero-order valence-corrected chi connectivity index (χ0v) is 12.9. The Hall–Kier alpha value is -1.99. The summed E-state index contributed by atoms with van der Waals surface area (Å²) in [6.07, 6.45) is 0. The van der Waals surface area contributed by atoms with Crippen LogP contribution in [0.1, 0.15) is 25.6 Å². The number of amides is 1. The van der Waals surface area contributed by atoms with Crippen molar-refractivity contribution in [1.29, 1.82) is 0 Å². The van der Waals surface area contributed by atoms with Gasteiger partial charge in [-0.15, -0.1) is 11.3 Å². The molecule has 1 N–H and O–H groups in total. The van der Waals surface area contributed by atoms with E-state index < -0.39 is 17.7 Å². The van der Waals surface area contributed by atoms with Gasteiger partial charge in [-0.3, -0.25) is 14.5 Å². The third-order valence-electron chi connectivity index (χ3n) is 3.21. The third-order valence-corrected chi connectivity index (χ3v) is 4.79. The van der Waals surface area contributed by atoms with Crippen LogP contribution >= 0.6 is 27.3 Å². The van der Waals surface area contributed by atoms with Gasteiger partial charge in [-0.25, -0.2) is 4.79 Å². The van der Waals surface area contributed by atoms with Crippen molar-refractivity contribution in [2.75, 3.05) is 4.90 Å². The molecule has 1 aromatic heterocycles. The first kappa shape index (κ1) is 14.0. The quantitative estimate of drug-likeness (QED) is 0.848. The maximum Gasteiger partial charge on any atom is 0.346 e. The van der Waals surface area contributed by atoms with E-state index in [1.54, 1.807) is 29.6 Å². The third kappa shape index (κ3) is 2.18. The van der Waals surface area contributed by atoms with Crippen LogP contribution in [-0.2, 0) is 11.3 Å². The Morgan fingerprint density at radius 2 is 2.05 bits per heavy atom. The van der Waals surface area contributed by atoms with Crippen LogP contribution < -0.4 is 4.90 Å². The lowest BCUT2D eigenvalue weighted by Crippen LogP contribution is -2.29. The molecule has 0 unspecified atom stereocenters. The average molecular weight is 366 g/mol. The highest BCUT2D eigenvalue weighted by Crippen LogP contribution is 2.37. The van der Waals surface area contributed by atoms with E-state index in [4.69, 9.17) is 5.11 Å². The second-order valence-electron chi connectivity index (χ2n) is 4.44. The Morgan fingerprint density at radius 3 is 2.76 bits per heavy atom. The van der Waals surface area contributed by atoms with E-state index in [0.29, 0.717) is 21.3 Å². The van der Waals surface area contributed by atoms with Gasteiger partial charge >= 0.3 is 5.97 Å². The topological polar surface area (TPSA) is 74.7 Å². The summed E-state index contributed by atoms with van der Waals surface area (Å²) in [5, 5.41) is 10.8. The molecular weight excluding hydrogens is 358 g/mol. The minimum absolute atomic E-state index is 0.0608. The Kier molecular flexibility index (Phi) is 3.38. The fourth-order valence-corrected chi connectivity index (χ4v) is 3.61. The number of carboxylic acids is 1. The van der Waals surface area contributed by atoms with Gasteiger partial charge in [-0.2, -0.15) is 0 Å². The number of rotatable bonds is 3. The average Bonchev–Trinajstić information content (AvgIpc) is 2.99. The van der Waals surface area contributed by atoms with E-state index in [9.17, 15) is 14.4 Å². The van der Waals surface area contributed by atoms with Gasteiger partial charge in [0.25, 0.3) is 11.7 Å². The van der Waals surface area contributed by atoms with Crippen molar-refractivity contribution in [3.8, 4) is 0 Å². The zero-order chi connectivity index (χ0) is 15.1. The van der Waals surface area contributed by atoms with Crippen LogP contribution in [0.3, 0.4) is 0 Å². The van der Waals surface area contributed by atoms with Gasteiger partial charge in [0.05, 0.1) is 17.8 Å². The summed E-state index contributed by atoms with van der Waals surface area (Å²) in [4.78, 5) is 36.8. The van der Waals surface area contributed by atoms with Crippen LogP contribution in [0, 0.1) is 0 Å². The molecule has 0 bridgehead atoms. The number of para-hydroxylation sites is 1. The molecule has 0 fully saturated rings. The molecule has 0 aliphatic carbocycles. The molecule has 1 amide bonds. The Morgan fingerprint density at radius 1 is 1.29 bits per heavy atom. The largest absolute Gasteiger partial charge is 0.477 e. The molecule has 7 heteroatoms. The molecule has 106 valence electrons. The molecule has 0 spiro atoms. The number of fused-ring (bicyclic) bond motifs is 1. The van der Waals surface area contributed by atoms with Gasteiger partial charge in [0, 0.05) is 4.47 Å². The van der Waals surface area contributed by atoms with E-state index in [2.05, 4.69) is 15.9 Å². The van der Waals surface area contributed by atoms with Crippen molar-refractivity contribution in [3.63, 3.8) is 0 Å². The first-order valence-electron chi connectivity index (χ1n) is 5.95. The van der Waals surface area contributed by atoms with Gasteiger partial charge in [-0.05, 0) is 45.1 Å². The number of thiophene rings is 1. The lowest BCUT2D eigenvalue weighted by Gasteiger charge is -2.17. The number of aromatic carboxylic acids is 1. The maximum atomic E-state index is 12.1. The van der Waals surface area contributed by atoms with Crippen molar-refractivity contribution in [2.24, 2.45) is 0 Å². The minimum atomic E-state index is -1.04. The number of Topliss-reactive ketones (excluding diaryl/α,β-unsaturated/α-hetero) is 1. The normalized spacial score (nSPS) is 13.7. The number of benzene rings is 1. The van der Waals surface area contributed by atoms with Crippen LogP contribution in [-0.4, -0.2) is 22.8 Å². The predicted molar refractivity (Wildman–Crippen MR) is 80.9 cm³/mol. The summed E-state index contributed by atoms with van der Waals surface area (Å²) in [5.41, 5.74) is 1.34. The molecule has 0 atom stereocenters. The summed E-state index contributed by atoms with van der Waals surface area (Å²) in [5.74, 6) is -2.25. The number of nitrogens with zero attached hydrogens (tertiary/aromatic N) is 1. The number of carboxylic acid groups (broad SMARTS) is 1.